The molecule has 0 aliphatic heterocycles. The van der Waals surface area contributed by atoms with Crippen LogP contribution >= 0.6 is 15.9 Å². The highest BCUT2D eigenvalue weighted by atomic mass is 79.9. The molecule has 1 aromatic rings. The van der Waals surface area contributed by atoms with Crippen LogP contribution in [0.1, 0.15) is 11.1 Å². The number of hydrogen-bond acceptors (Lipinski definition) is 3. The molecule has 4 heteroatoms. The maximum Gasteiger partial charge on any atom is 0.147 e. The van der Waals surface area contributed by atoms with Gasteiger partial charge in [0.25, 0.3) is 0 Å². The lowest BCUT2D eigenvalue weighted by Gasteiger charge is -2.04. The molecule has 0 aliphatic rings. The Morgan fingerprint density at radius 2 is 2.29 bits per heavy atom. The summed E-state index contributed by atoms with van der Waals surface area (Å²) in [5.74, 6) is -0.0682. The minimum absolute atomic E-state index is 0.00153. The number of phenols is 1. The second kappa shape index (κ2) is 4.77. The zero-order valence-electron chi connectivity index (χ0n) is 7.33. The van der Waals surface area contributed by atoms with Crippen LogP contribution in [0.15, 0.2) is 18.2 Å². The van der Waals surface area contributed by atoms with Gasteiger partial charge in [-0.1, -0.05) is 22.0 Å². The van der Waals surface area contributed by atoms with E-state index in [0.29, 0.717) is 11.1 Å². The number of nitriles is 1. The summed E-state index contributed by atoms with van der Waals surface area (Å²) in [4.78, 5) is 11.1. The summed E-state index contributed by atoms with van der Waals surface area (Å²) in [7, 11) is 0. The van der Waals surface area contributed by atoms with Gasteiger partial charge in [-0.3, -0.25) is 4.79 Å². The first-order chi connectivity index (χ1) is 6.69. The predicted octanol–water partition coefficient (Wildman–Crippen LogP) is 1.77. The fourth-order valence-corrected chi connectivity index (χ4v) is 1.31. The third-order valence-electron chi connectivity index (χ3n) is 1.79. The number of nitrogens with zero attached hydrogens (tertiary/aromatic N) is 1. The van der Waals surface area contributed by atoms with Crippen LogP contribution in [0, 0.1) is 11.3 Å². The number of benzene rings is 1. The number of carbonyl (C=O) groups excluding carboxylic acids is 1. The van der Waals surface area contributed by atoms with Gasteiger partial charge in [-0.05, 0) is 12.1 Å². The standard InChI is InChI=1S/C10H8BrNO2/c11-5-8(13)4-9-7(6-12)2-1-3-10(9)14/h1-3,14H,4-5H2. The van der Waals surface area contributed by atoms with Gasteiger partial charge in [0, 0.05) is 12.0 Å². The minimum atomic E-state index is -0.0667. The van der Waals surface area contributed by atoms with Crippen LogP contribution < -0.4 is 0 Å². The number of alkyl halides is 1. The number of carbonyl (C=O) groups is 1. The molecule has 0 saturated carbocycles. The van der Waals surface area contributed by atoms with Crippen molar-refractivity contribution in [2.24, 2.45) is 0 Å². The predicted molar refractivity (Wildman–Crippen MR) is 55.3 cm³/mol. The highest BCUT2D eigenvalue weighted by Crippen LogP contribution is 2.21. The maximum absolute atomic E-state index is 11.1. The summed E-state index contributed by atoms with van der Waals surface area (Å²) in [5, 5.41) is 18.4. The van der Waals surface area contributed by atoms with Crippen LogP contribution in [-0.2, 0) is 11.2 Å². The van der Waals surface area contributed by atoms with Gasteiger partial charge in [0.15, 0.2) is 0 Å². The second-order valence-electron chi connectivity index (χ2n) is 2.76. The number of rotatable bonds is 3. The van der Waals surface area contributed by atoms with Crippen molar-refractivity contribution in [1.82, 2.24) is 0 Å². The molecule has 0 fully saturated rings. The topological polar surface area (TPSA) is 61.1 Å². The molecule has 0 heterocycles. The Labute approximate surface area is 90.1 Å². The number of aromatic hydroxyl groups is 1. The van der Waals surface area contributed by atoms with Crippen molar-refractivity contribution in [2.75, 3.05) is 5.33 Å². The average Bonchev–Trinajstić information content (AvgIpc) is 2.20. The fourth-order valence-electron chi connectivity index (χ4n) is 1.11. The Balaban J connectivity index is 3.06. The molecule has 0 atom stereocenters. The Morgan fingerprint density at radius 3 is 2.86 bits per heavy atom. The van der Waals surface area contributed by atoms with E-state index in [1.165, 1.54) is 6.07 Å². The SMILES string of the molecule is N#Cc1cccc(O)c1CC(=O)CBr. The molecule has 0 unspecified atom stereocenters. The largest absolute Gasteiger partial charge is 0.508 e. The van der Waals surface area contributed by atoms with Crippen LogP contribution in [0.3, 0.4) is 0 Å². The molecule has 0 bridgehead atoms. The van der Waals surface area contributed by atoms with E-state index in [1.807, 2.05) is 6.07 Å². The molecule has 14 heavy (non-hydrogen) atoms. The lowest BCUT2D eigenvalue weighted by atomic mass is 10.0. The van der Waals surface area contributed by atoms with Crippen LogP contribution in [0.2, 0.25) is 0 Å². The molecule has 1 rings (SSSR count). The summed E-state index contributed by atoms with van der Waals surface area (Å²) in [6.45, 7) is 0. The Bertz CT molecular complexity index is 396. The zero-order valence-corrected chi connectivity index (χ0v) is 8.91. The number of ketones is 1. The van der Waals surface area contributed by atoms with Crippen LogP contribution in [0.25, 0.3) is 0 Å². The van der Waals surface area contributed by atoms with Gasteiger partial charge < -0.3 is 5.11 Å². The van der Waals surface area contributed by atoms with Crippen LogP contribution in [0.4, 0.5) is 0 Å². The van der Waals surface area contributed by atoms with E-state index in [0.717, 1.165) is 0 Å². The highest BCUT2D eigenvalue weighted by molar-refractivity contribution is 9.09. The van der Waals surface area contributed by atoms with Crippen molar-refractivity contribution < 1.29 is 9.90 Å². The van der Waals surface area contributed by atoms with E-state index in [1.54, 1.807) is 12.1 Å². The molecule has 72 valence electrons. The summed E-state index contributed by atoms with van der Waals surface area (Å²) in [6, 6.07) is 6.57. The fraction of sp³-hybridized carbons (Fsp3) is 0.200. The van der Waals surface area contributed by atoms with E-state index in [4.69, 9.17) is 5.26 Å². The lowest BCUT2D eigenvalue weighted by molar-refractivity contribution is -0.115. The van der Waals surface area contributed by atoms with Gasteiger partial charge >= 0.3 is 0 Å². The van der Waals surface area contributed by atoms with Crippen molar-refractivity contribution in [3.05, 3.63) is 29.3 Å². The molecule has 0 spiro atoms. The quantitative estimate of drug-likeness (QED) is 0.836. The van der Waals surface area contributed by atoms with Gasteiger partial charge in [-0.15, -0.1) is 0 Å². The smallest absolute Gasteiger partial charge is 0.147 e. The molecule has 0 radical (unpaired) electrons. The van der Waals surface area contributed by atoms with Crippen LogP contribution in [-0.4, -0.2) is 16.2 Å². The van der Waals surface area contributed by atoms with Crippen LogP contribution in [0.5, 0.6) is 5.75 Å². The van der Waals surface area contributed by atoms with Crippen molar-refractivity contribution in [3.8, 4) is 11.8 Å². The molecular weight excluding hydrogens is 246 g/mol. The molecule has 0 aliphatic carbocycles. The first kappa shape index (κ1) is 10.7. The summed E-state index contributed by atoms with van der Waals surface area (Å²) >= 11 is 3.03. The van der Waals surface area contributed by atoms with Crippen molar-refractivity contribution in [2.45, 2.75) is 6.42 Å². The van der Waals surface area contributed by atoms with Gasteiger partial charge in [0.1, 0.15) is 11.5 Å². The number of halogens is 1. The van der Waals surface area contributed by atoms with Gasteiger partial charge in [-0.25, -0.2) is 0 Å². The third-order valence-corrected chi connectivity index (χ3v) is 2.42. The minimum Gasteiger partial charge on any atom is -0.508 e. The number of Topliss-reactive ketones (excluding diaryl/α,β-unsaturated/α-hetero) is 1. The second-order valence-corrected chi connectivity index (χ2v) is 3.32. The number of phenolic OH excluding ortho intramolecular Hbond substituents is 1. The first-order valence-electron chi connectivity index (χ1n) is 3.97. The van der Waals surface area contributed by atoms with Crippen molar-refractivity contribution in [1.29, 1.82) is 5.26 Å². The molecule has 3 nitrogen and oxygen atoms in total. The lowest BCUT2D eigenvalue weighted by Crippen LogP contribution is -2.05. The Kier molecular flexibility index (Phi) is 3.66. The summed E-state index contributed by atoms with van der Waals surface area (Å²) in [6.07, 6.45) is 0.0841. The summed E-state index contributed by atoms with van der Waals surface area (Å²) in [5.41, 5.74) is 0.749. The number of hydrogen-bond donors (Lipinski definition) is 1. The van der Waals surface area contributed by atoms with Gasteiger partial charge in [-0.2, -0.15) is 5.26 Å². The van der Waals surface area contributed by atoms with E-state index in [9.17, 15) is 9.90 Å². The normalized spacial score (nSPS) is 9.43. The monoisotopic (exact) mass is 253 g/mol. The van der Waals surface area contributed by atoms with E-state index in [-0.39, 0.29) is 23.3 Å². The van der Waals surface area contributed by atoms with Crippen molar-refractivity contribution >= 4 is 21.7 Å². The van der Waals surface area contributed by atoms with Gasteiger partial charge in [0.2, 0.25) is 0 Å². The Hall–Kier alpha value is -1.34. The first-order valence-corrected chi connectivity index (χ1v) is 5.09. The molecule has 1 aromatic carbocycles. The molecule has 0 saturated heterocycles. The Morgan fingerprint density at radius 1 is 1.57 bits per heavy atom. The van der Waals surface area contributed by atoms with Crippen molar-refractivity contribution in [3.63, 3.8) is 0 Å². The van der Waals surface area contributed by atoms with Gasteiger partial charge in [0.05, 0.1) is 17.0 Å². The average molecular weight is 254 g/mol. The van der Waals surface area contributed by atoms with E-state index >= 15 is 0 Å². The molecule has 0 aromatic heterocycles. The molecular formula is C10H8BrNO2. The maximum atomic E-state index is 11.1. The van der Waals surface area contributed by atoms with E-state index < -0.39 is 0 Å². The molecule has 0 amide bonds. The zero-order chi connectivity index (χ0) is 10.6. The van der Waals surface area contributed by atoms with E-state index in [2.05, 4.69) is 15.9 Å². The summed E-state index contributed by atoms with van der Waals surface area (Å²) < 4.78 is 0. The third kappa shape index (κ3) is 2.33. The highest BCUT2D eigenvalue weighted by Gasteiger charge is 2.10. The molecule has 1 N–H and O–H groups in total.